The first-order valence-corrected chi connectivity index (χ1v) is 7.67. The molecule has 2 aliphatic rings. The molecule has 2 unspecified atom stereocenters. The van der Waals surface area contributed by atoms with E-state index >= 15 is 0 Å². The van der Waals surface area contributed by atoms with Gasteiger partial charge in [-0.2, -0.15) is 0 Å². The van der Waals surface area contributed by atoms with Crippen molar-refractivity contribution in [2.24, 2.45) is 11.8 Å². The molecule has 2 atom stereocenters. The maximum Gasteiger partial charge on any atom is 0.0375 e. The molecular weight excluding hydrogens is 218 g/mol. The minimum absolute atomic E-state index is 0.697. The molecule has 98 valence electrons. The molecule has 0 amide bonds. The van der Waals surface area contributed by atoms with Crippen LogP contribution in [0.4, 0.5) is 5.69 Å². The Morgan fingerprint density at radius 1 is 1.11 bits per heavy atom. The predicted molar refractivity (Wildman–Crippen MR) is 77.9 cm³/mol. The van der Waals surface area contributed by atoms with E-state index in [0.29, 0.717) is 6.04 Å². The number of anilines is 1. The second-order valence-electron chi connectivity index (χ2n) is 6.33. The first-order valence-electron chi connectivity index (χ1n) is 7.67. The van der Waals surface area contributed by atoms with Crippen LogP contribution in [0, 0.1) is 11.8 Å². The number of hydrogen-bond donors (Lipinski definition) is 1. The van der Waals surface area contributed by atoms with E-state index in [2.05, 4.69) is 36.5 Å². The molecule has 1 heterocycles. The van der Waals surface area contributed by atoms with E-state index in [9.17, 15) is 0 Å². The number of nitrogens with one attached hydrogen (secondary N) is 1. The molecule has 1 heteroatoms. The smallest absolute Gasteiger partial charge is 0.0375 e. The van der Waals surface area contributed by atoms with Crippen molar-refractivity contribution >= 4 is 5.69 Å². The Labute approximate surface area is 111 Å². The molecular formula is C17H25N. The van der Waals surface area contributed by atoms with E-state index in [1.54, 1.807) is 0 Å². The van der Waals surface area contributed by atoms with Crippen molar-refractivity contribution in [1.82, 2.24) is 0 Å². The summed E-state index contributed by atoms with van der Waals surface area (Å²) in [6.45, 7) is 2.41. The van der Waals surface area contributed by atoms with Crippen LogP contribution in [0.3, 0.4) is 0 Å². The fraction of sp³-hybridized carbons (Fsp3) is 0.647. The number of para-hydroxylation sites is 1. The van der Waals surface area contributed by atoms with Crippen LogP contribution in [0.15, 0.2) is 24.3 Å². The highest BCUT2D eigenvalue weighted by molar-refractivity contribution is 5.54. The fourth-order valence-corrected chi connectivity index (χ4v) is 3.74. The lowest BCUT2D eigenvalue weighted by atomic mass is 9.79. The molecule has 1 fully saturated rings. The van der Waals surface area contributed by atoms with Crippen molar-refractivity contribution in [3.63, 3.8) is 0 Å². The Bertz CT molecular complexity index is 392. The van der Waals surface area contributed by atoms with Crippen LogP contribution in [0.1, 0.15) is 51.0 Å². The summed E-state index contributed by atoms with van der Waals surface area (Å²) < 4.78 is 0. The topological polar surface area (TPSA) is 12.0 Å². The van der Waals surface area contributed by atoms with Crippen molar-refractivity contribution in [3.8, 4) is 0 Å². The normalized spacial score (nSPS) is 28.5. The van der Waals surface area contributed by atoms with Crippen molar-refractivity contribution < 1.29 is 0 Å². The lowest BCUT2D eigenvalue weighted by Crippen LogP contribution is -2.35. The third-order valence-corrected chi connectivity index (χ3v) is 4.90. The van der Waals surface area contributed by atoms with Gasteiger partial charge in [0.15, 0.2) is 0 Å². The number of rotatable bonds is 2. The minimum atomic E-state index is 0.697. The number of hydrogen-bond acceptors (Lipinski definition) is 1. The van der Waals surface area contributed by atoms with E-state index in [1.807, 2.05) is 0 Å². The van der Waals surface area contributed by atoms with Gasteiger partial charge in [0, 0.05) is 11.7 Å². The summed E-state index contributed by atoms with van der Waals surface area (Å²) in [4.78, 5) is 0. The van der Waals surface area contributed by atoms with Gasteiger partial charge < -0.3 is 5.32 Å². The van der Waals surface area contributed by atoms with Gasteiger partial charge in [-0.15, -0.1) is 0 Å². The van der Waals surface area contributed by atoms with Gasteiger partial charge in [0.1, 0.15) is 0 Å². The molecule has 18 heavy (non-hydrogen) atoms. The summed E-state index contributed by atoms with van der Waals surface area (Å²) in [6, 6.07) is 9.53. The average molecular weight is 243 g/mol. The third kappa shape index (κ3) is 2.55. The first kappa shape index (κ1) is 12.1. The van der Waals surface area contributed by atoms with Gasteiger partial charge in [0.25, 0.3) is 0 Å². The van der Waals surface area contributed by atoms with E-state index in [-0.39, 0.29) is 0 Å². The second kappa shape index (κ2) is 5.34. The molecule has 1 saturated carbocycles. The zero-order valence-corrected chi connectivity index (χ0v) is 11.5. The summed E-state index contributed by atoms with van der Waals surface area (Å²) in [5.41, 5.74) is 2.89. The second-order valence-corrected chi connectivity index (χ2v) is 6.33. The molecule has 1 N–H and O–H groups in total. The van der Waals surface area contributed by atoms with Crippen molar-refractivity contribution in [2.45, 2.75) is 57.9 Å². The molecule has 1 aliphatic heterocycles. The summed E-state index contributed by atoms with van der Waals surface area (Å²) >= 11 is 0. The minimum Gasteiger partial charge on any atom is -0.382 e. The maximum absolute atomic E-state index is 3.79. The van der Waals surface area contributed by atoms with Crippen molar-refractivity contribution in [2.75, 3.05) is 5.32 Å². The van der Waals surface area contributed by atoms with E-state index < -0.39 is 0 Å². The van der Waals surface area contributed by atoms with Crippen LogP contribution < -0.4 is 5.32 Å². The van der Waals surface area contributed by atoms with Gasteiger partial charge in [-0.1, -0.05) is 57.2 Å². The third-order valence-electron chi connectivity index (χ3n) is 4.90. The quantitative estimate of drug-likeness (QED) is 0.798. The Balaban J connectivity index is 1.66. The van der Waals surface area contributed by atoms with Gasteiger partial charge in [-0.25, -0.2) is 0 Å². The largest absolute Gasteiger partial charge is 0.382 e. The maximum atomic E-state index is 3.79. The average Bonchev–Trinajstić information content (AvgIpc) is 2.41. The molecule has 0 radical (unpaired) electrons. The Morgan fingerprint density at radius 3 is 2.72 bits per heavy atom. The van der Waals surface area contributed by atoms with Crippen LogP contribution in [-0.4, -0.2) is 6.04 Å². The highest BCUT2D eigenvalue weighted by atomic mass is 14.9. The lowest BCUT2D eigenvalue weighted by molar-refractivity contribution is 0.292. The van der Waals surface area contributed by atoms with Crippen molar-refractivity contribution in [3.05, 3.63) is 29.8 Å². The standard InChI is InChI=1S/C17H25N/c1-13-11-15-9-5-6-10-16(15)18-17(13)12-14-7-3-2-4-8-14/h5-6,9-10,13-14,17-18H,2-4,7-8,11-12H2,1H3. The van der Waals surface area contributed by atoms with Gasteiger partial charge >= 0.3 is 0 Å². The molecule has 0 spiro atoms. The SMILES string of the molecule is CC1Cc2ccccc2NC1CC1CCCCC1. The Hall–Kier alpha value is -0.980. The zero-order chi connectivity index (χ0) is 12.4. The van der Waals surface area contributed by atoms with E-state index in [4.69, 9.17) is 0 Å². The van der Waals surface area contributed by atoms with Gasteiger partial charge in [0.2, 0.25) is 0 Å². The predicted octanol–water partition coefficient (Wildman–Crippen LogP) is 4.63. The molecule has 1 aromatic carbocycles. The van der Waals surface area contributed by atoms with Crippen LogP contribution in [0.5, 0.6) is 0 Å². The van der Waals surface area contributed by atoms with Crippen LogP contribution >= 0.6 is 0 Å². The Morgan fingerprint density at radius 2 is 1.89 bits per heavy atom. The lowest BCUT2D eigenvalue weighted by Gasteiger charge is -2.36. The molecule has 0 saturated heterocycles. The highest BCUT2D eigenvalue weighted by Crippen LogP contribution is 2.34. The first-order chi connectivity index (χ1) is 8.83. The number of fused-ring (bicyclic) bond motifs is 1. The molecule has 0 bridgehead atoms. The highest BCUT2D eigenvalue weighted by Gasteiger charge is 2.27. The summed E-state index contributed by atoms with van der Waals surface area (Å²) in [7, 11) is 0. The fourth-order valence-electron chi connectivity index (χ4n) is 3.74. The van der Waals surface area contributed by atoms with Crippen molar-refractivity contribution in [1.29, 1.82) is 0 Å². The van der Waals surface area contributed by atoms with Gasteiger partial charge in [-0.3, -0.25) is 0 Å². The van der Waals surface area contributed by atoms with Crippen LogP contribution in [0.25, 0.3) is 0 Å². The zero-order valence-electron chi connectivity index (χ0n) is 11.5. The molecule has 1 aliphatic carbocycles. The molecule has 1 aromatic rings. The number of benzene rings is 1. The van der Waals surface area contributed by atoms with Gasteiger partial charge in [-0.05, 0) is 36.3 Å². The van der Waals surface area contributed by atoms with Gasteiger partial charge in [0.05, 0.1) is 0 Å². The van der Waals surface area contributed by atoms with Crippen LogP contribution in [-0.2, 0) is 6.42 Å². The summed E-state index contributed by atoms with van der Waals surface area (Å²) in [5, 5.41) is 3.79. The molecule has 1 nitrogen and oxygen atoms in total. The summed E-state index contributed by atoms with van der Waals surface area (Å²) in [5.74, 6) is 1.76. The molecule has 3 rings (SSSR count). The summed E-state index contributed by atoms with van der Waals surface area (Å²) in [6.07, 6.45) is 9.95. The Kier molecular flexibility index (Phi) is 3.58. The molecule has 0 aromatic heterocycles. The monoisotopic (exact) mass is 243 g/mol. The van der Waals surface area contributed by atoms with E-state index in [0.717, 1.165) is 11.8 Å². The van der Waals surface area contributed by atoms with Crippen LogP contribution in [0.2, 0.25) is 0 Å². The van der Waals surface area contributed by atoms with E-state index in [1.165, 1.54) is 56.2 Å².